The number of nitro groups is 1. The van der Waals surface area contributed by atoms with Gasteiger partial charge in [-0.05, 0) is 60.3 Å². The van der Waals surface area contributed by atoms with Crippen LogP contribution < -0.4 is 10.1 Å². The third-order valence-corrected chi connectivity index (χ3v) is 4.54. The lowest BCUT2D eigenvalue weighted by Gasteiger charge is -2.08. The van der Waals surface area contributed by atoms with Crippen molar-refractivity contribution in [2.24, 2.45) is 0 Å². The summed E-state index contributed by atoms with van der Waals surface area (Å²) in [6.07, 6.45) is 0. The lowest BCUT2D eigenvalue weighted by Crippen LogP contribution is -2.11. The summed E-state index contributed by atoms with van der Waals surface area (Å²) in [5.41, 5.74) is 0.996. The Kier molecular flexibility index (Phi) is 4.94. The van der Waals surface area contributed by atoms with Gasteiger partial charge < -0.3 is 10.1 Å². The van der Waals surface area contributed by atoms with Crippen LogP contribution in [-0.2, 0) is 0 Å². The molecule has 2 aromatic carbocycles. The third-order valence-electron chi connectivity index (χ3n) is 3.53. The molecule has 0 aliphatic rings. The fourth-order valence-electron chi connectivity index (χ4n) is 2.25. The summed E-state index contributed by atoms with van der Waals surface area (Å²) in [7, 11) is 0. The normalized spacial score (nSPS) is 10.4. The average Bonchev–Trinajstić information content (AvgIpc) is 3.04. The van der Waals surface area contributed by atoms with Gasteiger partial charge in [-0.1, -0.05) is 0 Å². The molecule has 1 amide bonds. The lowest BCUT2D eigenvalue weighted by molar-refractivity contribution is -0.385. The number of benzene rings is 2. The molecule has 1 N–H and O–H groups in total. The zero-order valence-corrected chi connectivity index (χ0v) is 14.4. The zero-order valence-electron chi connectivity index (χ0n) is 13.6. The average molecular weight is 372 g/mol. The highest BCUT2D eigenvalue weighted by molar-refractivity contribution is 7.12. The number of ether oxygens (including phenoxy) is 1. The van der Waals surface area contributed by atoms with E-state index in [1.54, 1.807) is 24.3 Å². The first-order valence-corrected chi connectivity index (χ1v) is 8.39. The second kappa shape index (κ2) is 7.32. The van der Waals surface area contributed by atoms with Crippen molar-refractivity contribution >= 4 is 28.6 Å². The topological polar surface area (TPSA) is 81.5 Å². The van der Waals surface area contributed by atoms with Crippen LogP contribution in [0, 0.1) is 22.9 Å². The number of nitrogens with zero attached hydrogens (tertiary/aromatic N) is 1. The molecule has 0 saturated heterocycles. The molecule has 0 saturated carbocycles. The molecule has 0 unspecified atom stereocenters. The lowest BCUT2D eigenvalue weighted by atomic mass is 10.2. The summed E-state index contributed by atoms with van der Waals surface area (Å²) >= 11 is 1.36. The van der Waals surface area contributed by atoms with Crippen molar-refractivity contribution in [2.75, 3.05) is 5.32 Å². The number of carbonyl (C=O) groups is 1. The van der Waals surface area contributed by atoms with Crippen molar-refractivity contribution in [3.8, 4) is 11.5 Å². The van der Waals surface area contributed by atoms with Crippen molar-refractivity contribution < 1.29 is 18.8 Å². The quantitative estimate of drug-likeness (QED) is 0.496. The Morgan fingerprint density at radius 1 is 1.19 bits per heavy atom. The number of amides is 1. The maximum atomic E-state index is 13.2. The predicted octanol–water partition coefficient (Wildman–Crippen LogP) is 5.15. The van der Waals surface area contributed by atoms with E-state index < -0.39 is 16.4 Å². The molecule has 1 heterocycles. The molecular weight excluding hydrogens is 359 g/mol. The fraction of sp³-hybridized carbons (Fsp3) is 0.0556. The van der Waals surface area contributed by atoms with E-state index in [1.807, 2.05) is 18.4 Å². The van der Waals surface area contributed by atoms with E-state index in [2.05, 4.69) is 5.32 Å². The van der Waals surface area contributed by atoms with E-state index >= 15 is 0 Å². The predicted molar refractivity (Wildman–Crippen MR) is 96.6 cm³/mol. The van der Waals surface area contributed by atoms with Crippen molar-refractivity contribution in [3.63, 3.8) is 0 Å². The van der Waals surface area contributed by atoms with Gasteiger partial charge in [0.1, 0.15) is 11.6 Å². The molecular formula is C18H13FN2O4S. The van der Waals surface area contributed by atoms with Crippen LogP contribution in [0.3, 0.4) is 0 Å². The number of aryl methyl sites for hydroxylation is 1. The molecule has 0 radical (unpaired) electrons. The SMILES string of the molecule is Cc1ccsc1C(=O)Nc1ccc(Oc2ccc(F)cc2[N+](=O)[O-])cc1. The van der Waals surface area contributed by atoms with E-state index in [4.69, 9.17) is 4.74 Å². The summed E-state index contributed by atoms with van der Waals surface area (Å²) in [5.74, 6) is -0.668. The number of hydrogen-bond donors (Lipinski definition) is 1. The van der Waals surface area contributed by atoms with Crippen LogP contribution in [0.2, 0.25) is 0 Å². The Morgan fingerprint density at radius 3 is 2.54 bits per heavy atom. The molecule has 0 bridgehead atoms. The number of thiophene rings is 1. The van der Waals surface area contributed by atoms with Gasteiger partial charge in [-0.2, -0.15) is 0 Å². The first-order chi connectivity index (χ1) is 12.4. The Labute approximate surface area is 152 Å². The van der Waals surface area contributed by atoms with Gasteiger partial charge in [0.25, 0.3) is 5.91 Å². The van der Waals surface area contributed by atoms with Gasteiger partial charge in [0.2, 0.25) is 5.75 Å². The van der Waals surface area contributed by atoms with Gasteiger partial charge in [-0.25, -0.2) is 4.39 Å². The summed E-state index contributed by atoms with van der Waals surface area (Å²) < 4.78 is 18.6. The van der Waals surface area contributed by atoms with Crippen LogP contribution >= 0.6 is 11.3 Å². The van der Waals surface area contributed by atoms with Crippen molar-refractivity contribution in [3.05, 3.63) is 80.3 Å². The van der Waals surface area contributed by atoms with E-state index in [1.165, 1.54) is 17.4 Å². The number of hydrogen-bond acceptors (Lipinski definition) is 5. The van der Waals surface area contributed by atoms with Gasteiger partial charge in [-0.15, -0.1) is 11.3 Å². The highest BCUT2D eigenvalue weighted by atomic mass is 32.1. The Morgan fingerprint density at radius 2 is 1.92 bits per heavy atom. The second-order valence-corrected chi connectivity index (χ2v) is 6.30. The van der Waals surface area contributed by atoms with Gasteiger partial charge >= 0.3 is 5.69 Å². The van der Waals surface area contributed by atoms with Crippen LogP contribution in [0.4, 0.5) is 15.8 Å². The highest BCUT2D eigenvalue weighted by Gasteiger charge is 2.17. The number of nitrogens with one attached hydrogen (secondary N) is 1. The van der Waals surface area contributed by atoms with Crippen LogP contribution in [0.25, 0.3) is 0 Å². The number of anilines is 1. The van der Waals surface area contributed by atoms with Gasteiger partial charge in [-0.3, -0.25) is 14.9 Å². The van der Waals surface area contributed by atoms with Crippen LogP contribution in [0.15, 0.2) is 53.9 Å². The summed E-state index contributed by atoms with van der Waals surface area (Å²) in [4.78, 5) is 23.1. The Hall–Kier alpha value is -3.26. The summed E-state index contributed by atoms with van der Waals surface area (Å²) in [6, 6.07) is 11.3. The molecule has 0 aliphatic heterocycles. The molecule has 0 fully saturated rings. The number of rotatable bonds is 5. The standard InChI is InChI=1S/C18H13FN2O4S/c1-11-8-9-26-17(11)18(22)20-13-3-5-14(6-4-13)25-16-7-2-12(19)10-15(16)21(23)24/h2-10H,1H3,(H,20,22). The number of halogens is 1. The van der Waals surface area contributed by atoms with Gasteiger partial charge in [0.05, 0.1) is 15.9 Å². The van der Waals surface area contributed by atoms with Crippen molar-refractivity contribution in [2.45, 2.75) is 6.92 Å². The monoisotopic (exact) mass is 372 g/mol. The Balaban J connectivity index is 1.73. The maximum Gasteiger partial charge on any atom is 0.314 e. The highest BCUT2D eigenvalue weighted by Crippen LogP contribution is 2.32. The van der Waals surface area contributed by atoms with E-state index in [9.17, 15) is 19.3 Å². The molecule has 3 rings (SSSR count). The Bertz CT molecular complexity index is 970. The smallest absolute Gasteiger partial charge is 0.314 e. The maximum absolute atomic E-state index is 13.2. The number of carbonyl (C=O) groups excluding carboxylic acids is 1. The van der Waals surface area contributed by atoms with Gasteiger partial charge in [0.15, 0.2) is 0 Å². The molecule has 8 heteroatoms. The van der Waals surface area contributed by atoms with Crippen molar-refractivity contribution in [1.82, 2.24) is 0 Å². The minimum absolute atomic E-state index is 0.0672. The largest absolute Gasteiger partial charge is 0.450 e. The molecule has 132 valence electrons. The van der Waals surface area contributed by atoms with Crippen LogP contribution in [-0.4, -0.2) is 10.8 Å². The fourth-order valence-corrected chi connectivity index (χ4v) is 3.07. The van der Waals surface area contributed by atoms with E-state index in [-0.39, 0.29) is 11.7 Å². The summed E-state index contributed by atoms with van der Waals surface area (Å²) in [5, 5.41) is 15.6. The van der Waals surface area contributed by atoms with Crippen molar-refractivity contribution in [1.29, 1.82) is 0 Å². The van der Waals surface area contributed by atoms with Gasteiger partial charge in [0, 0.05) is 5.69 Å². The molecule has 1 aromatic heterocycles. The minimum Gasteiger partial charge on any atom is -0.450 e. The molecule has 0 atom stereocenters. The minimum atomic E-state index is -0.717. The molecule has 0 spiro atoms. The molecule has 0 aliphatic carbocycles. The first-order valence-electron chi connectivity index (χ1n) is 7.51. The van der Waals surface area contributed by atoms with Crippen LogP contribution in [0.5, 0.6) is 11.5 Å². The second-order valence-electron chi connectivity index (χ2n) is 5.38. The molecule has 6 nitrogen and oxygen atoms in total. The molecule has 3 aromatic rings. The first kappa shape index (κ1) is 17.6. The molecule has 26 heavy (non-hydrogen) atoms. The van der Waals surface area contributed by atoms with E-state index in [0.29, 0.717) is 16.3 Å². The summed E-state index contributed by atoms with van der Waals surface area (Å²) in [6.45, 7) is 1.86. The van der Waals surface area contributed by atoms with Crippen LogP contribution in [0.1, 0.15) is 15.2 Å². The third kappa shape index (κ3) is 3.86. The number of nitro benzene ring substituents is 1. The van der Waals surface area contributed by atoms with E-state index in [0.717, 1.165) is 17.7 Å². The zero-order chi connectivity index (χ0) is 18.7.